The van der Waals surface area contributed by atoms with Crippen molar-refractivity contribution in [3.05, 3.63) is 48.0 Å². The molecule has 0 aliphatic carbocycles. The van der Waals surface area contributed by atoms with Gasteiger partial charge < -0.3 is 19.5 Å². The van der Waals surface area contributed by atoms with Crippen LogP contribution in [0.25, 0.3) is 0 Å². The molecule has 5 nitrogen and oxygen atoms in total. The zero-order valence-electron chi connectivity index (χ0n) is 15.2. The van der Waals surface area contributed by atoms with Crippen molar-refractivity contribution in [2.45, 2.75) is 33.8 Å². The Labute approximate surface area is 148 Å². The molecule has 0 aromatic heterocycles. The Hall–Kier alpha value is -2.69. The summed E-state index contributed by atoms with van der Waals surface area (Å²) in [6.07, 6.45) is -0.0192. The molecule has 0 atom stereocenters. The molecule has 2 aromatic rings. The number of anilines is 1. The van der Waals surface area contributed by atoms with E-state index in [2.05, 4.69) is 5.32 Å². The van der Waals surface area contributed by atoms with Crippen LogP contribution in [0.4, 0.5) is 5.69 Å². The third-order valence-corrected chi connectivity index (χ3v) is 3.30. The standard InChI is InChI=1S/C20H25NO4/c1-5-23-15-11-12-19(24-6-2)17(13-15)21-20(22)16-9-7-8-10-18(16)25-14(3)4/h7-14H,5-6H2,1-4H3,(H,21,22). The lowest BCUT2D eigenvalue weighted by Crippen LogP contribution is -2.16. The minimum absolute atomic E-state index is 0.0192. The number of carbonyl (C=O) groups is 1. The Kier molecular flexibility index (Phi) is 6.69. The molecule has 0 radical (unpaired) electrons. The first-order valence-electron chi connectivity index (χ1n) is 8.51. The Bertz CT molecular complexity index is 713. The topological polar surface area (TPSA) is 56.8 Å². The molecule has 0 unspecified atom stereocenters. The first kappa shape index (κ1) is 18.6. The van der Waals surface area contributed by atoms with E-state index < -0.39 is 0 Å². The van der Waals surface area contributed by atoms with Crippen LogP contribution in [0.1, 0.15) is 38.1 Å². The van der Waals surface area contributed by atoms with Crippen LogP contribution in [-0.4, -0.2) is 25.2 Å². The highest BCUT2D eigenvalue weighted by Crippen LogP contribution is 2.31. The van der Waals surface area contributed by atoms with Gasteiger partial charge in [-0.2, -0.15) is 0 Å². The van der Waals surface area contributed by atoms with Gasteiger partial charge in [0.2, 0.25) is 0 Å². The lowest BCUT2D eigenvalue weighted by atomic mass is 10.1. The lowest BCUT2D eigenvalue weighted by molar-refractivity contribution is 0.102. The summed E-state index contributed by atoms with van der Waals surface area (Å²) >= 11 is 0. The quantitative estimate of drug-likeness (QED) is 0.765. The van der Waals surface area contributed by atoms with Crippen molar-refractivity contribution >= 4 is 11.6 Å². The summed E-state index contributed by atoms with van der Waals surface area (Å²) in [6, 6.07) is 12.5. The van der Waals surface area contributed by atoms with Crippen LogP contribution in [0.3, 0.4) is 0 Å². The molecule has 0 bridgehead atoms. The van der Waals surface area contributed by atoms with Crippen LogP contribution in [-0.2, 0) is 0 Å². The van der Waals surface area contributed by atoms with Gasteiger partial charge in [0.15, 0.2) is 0 Å². The number of nitrogens with one attached hydrogen (secondary N) is 1. The highest BCUT2D eigenvalue weighted by molar-refractivity contribution is 6.07. The van der Waals surface area contributed by atoms with Crippen molar-refractivity contribution in [3.63, 3.8) is 0 Å². The van der Waals surface area contributed by atoms with E-state index in [-0.39, 0.29) is 12.0 Å². The molecule has 2 rings (SSSR count). The molecule has 25 heavy (non-hydrogen) atoms. The van der Waals surface area contributed by atoms with E-state index in [0.29, 0.717) is 41.7 Å². The van der Waals surface area contributed by atoms with Gasteiger partial charge in [-0.05, 0) is 52.0 Å². The van der Waals surface area contributed by atoms with E-state index >= 15 is 0 Å². The smallest absolute Gasteiger partial charge is 0.259 e. The number of para-hydroxylation sites is 1. The molecular formula is C20H25NO4. The second-order valence-corrected chi connectivity index (χ2v) is 5.64. The maximum Gasteiger partial charge on any atom is 0.259 e. The van der Waals surface area contributed by atoms with Crippen molar-refractivity contribution in [1.29, 1.82) is 0 Å². The second kappa shape index (κ2) is 8.97. The average Bonchev–Trinajstić information content (AvgIpc) is 2.57. The van der Waals surface area contributed by atoms with Gasteiger partial charge in [-0.15, -0.1) is 0 Å². The monoisotopic (exact) mass is 343 g/mol. The van der Waals surface area contributed by atoms with Crippen molar-refractivity contribution in [3.8, 4) is 17.2 Å². The predicted molar refractivity (Wildman–Crippen MR) is 98.9 cm³/mol. The Morgan fingerprint density at radius 3 is 2.40 bits per heavy atom. The van der Waals surface area contributed by atoms with Crippen molar-refractivity contribution in [2.75, 3.05) is 18.5 Å². The van der Waals surface area contributed by atoms with E-state index in [4.69, 9.17) is 14.2 Å². The fourth-order valence-corrected chi connectivity index (χ4v) is 2.35. The number of amides is 1. The number of benzene rings is 2. The van der Waals surface area contributed by atoms with Gasteiger partial charge in [-0.3, -0.25) is 4.79 Å². The molecule has 0 aliphatic rings. The van der Waals surface area contributed by atoms with Gasteiger partial charge in [-0.25, -0.2) is 0 Å². The largest absolute Gasteiger partial charge is 0.494 e. The minimum Gasteiger partial charge on any atom is -0.494 e. The van der Waals surface area contributed by atoms with E-state index in [1.54, 1.807) is 24.3 Å². The number of rotatable bonds is 8. The number of ether oxygens (including phenoxy) is 3. The summed E-state index contributed by atoms with van der Waals surface area (Å²) in [5.74, 6) is 1.56. The zero-order valence-corrected chi connectivity index (χ0v) is 15.2. The van der Waals surface area contributed by atoms with Gasteiger partial charge in [0.1, 0.15) is 17.2 Å². The molecule has 134 valence electrons. The third-order valence-electron chi connectivity index (χ3n) is 3.30. The van der Waals surface area contributed by atoms with E-state index in [9.17, 15) is 4.79 Å². The van der Waals surface area contributed by atoms with Crippen LogP contribution in [0.2, 0.25) is 0 Å². The van der Waals surface area contributed by atoms with Gasteiger partial charge in [0, 0.05) is 6.07 Å². The zero-order chi connectivity index (χ0) is 18.2. The van der Waals surface area contributed by atoms with Crippen LogP contribution < -0.4 is 19.5 Å². The Morgan fingerprint density at radius 2 is 1.72 bits per heavy atom. The van der Waals surface area contributed by atoms with Gasteiger partial charge in [0.05, 0.1) is 30.6 Å². The molecule has 0 aliphatic heterocycles. The average molecular weight is 343 g/mol. The fourth-order valence-electron chi connectivity index (χ4n) is 2.35. The summed E-state index contributed by atoms with van der Waals surface area (Å²) in [4.78, 5) is 12.8. The van der Waals surface area contributed by atoms with Crippen molar-refractivity contribution in [1.82, 2.24) is 0 Å². The molecule has 1 amide bonds. The van der Waals surface area contributed by atoms with Crippen molar-refractivity contribution < 1.29 is 19.0 Å². The molecule has 0 spiro atoms. The first-order chi connectivity index (χ1) is 12.0. The maximum absolute atomic E-state index is 12.8. The molecule has 0 fully saturated rings. The summed E-state index contributed by atoms with van der Waals surface area (Å²) in [5, 5.41) is 2.90. The predicted octanol–water partition coefficient (Wildman–Crippen LogP) is 4.52. The SMILES string of the molecule is CCOc1ccc(OCC)c(NC(=O)c2ccccc2OC(C)C)c1. The second-order valence-electron chi connectivity index (χ2n) is 5.64. The number of hydrogen-bond acceptors (Lipinski definition) is 4. The van der Waals surface area contributed by atoms with Crippen LogP contribution >= 0.6 is 0 Å². The molecule has 0 saturated heterocycles. The number of carbonyl (C=O) groups excluding carboxylic acids is 1. The Morgan fingerprint density at radius 1 is 1.00 bits per heavy atom. The lowest BCUT2D eigenvalue weighted by Gasteiger charge is -2.16. The summed E-state index contributed by atoms with van der Waals surface area (Å²) < 4.78 is 16.8. The van der Waals surface area contributed by atoms with E-state index in [0.717, 1.165) is 0 Å². The Balaban J connectivity index is 2.29. The van der Waals surface area contributed by atoms with Gasteiger partial charge >= 0.3 is 0 Å². The molecule has 2 aromatic carbocycles. The van der Waals surface area contributed by atoms with Gasteiger partial charge in [0.25, 0.3) is 5.91 Å². The van der Waals surface area contributed by atoms with Crippen molar-refractivity contribution in [2.24, 2.45) is 0 Å². The van der Waals surface area contributed by atoms with Crippen LogP contribution in [0.15, 0.2) is 42.5 Å². The summed E-state index contributed by atoms with van der Waals surface area (Å²) in [7, 11) is 0. The minimum atomic E-state index is -0.258. The maximum atomic E-state index is 12.8. The number of hydrogen-bond donors (Lipinski definition) is 1. The molecule has 0 saturated carbocycles. The van der Waals surface area contributed by atoms with Crippen LogP contribution in [0.5, 0.6) is 17.2 Å². The highest BCUT2D eigenvalue weighted by atomic mass is 16.5. The van der Waals surface area contributed by atoms with Crippen LogP contribution in [0, 0.1) is 0 Å². The van der Waals surface area contributed by atoms with E-state index in [1.807, 2.05) is 45.9 Å². The summed E-state index contributed by atoms with van der Waals surface area (Å²) in [5.41, 5.74) is 1.04. The summed E-state index contributed by atoms with van der Waals surface area (Å²) in [6.45, 7) is 8.71. The highest BCUT2D eigenvalue weighted by Gasteiger charge is 2.16. The molecule has 1 N–H and O–H groups in total. The molecule has 0 heterocycles. The van der Waals surface area contributed by atoms with Gasteiger partial charge in [-0.1, -0.05) is 12.1 Å². The first-order valence-corrected chi connectivity index (χ1v) is 8.51. The fraction of sp³-hybridized carbons (Fsp3) is 0.350. The third kappa shape index (κ3) is 5.14. The molecular weight excluding hydrogens is 318 g/mol. The normalized spacial score (nSPS) is 10.4. The van der Waals surface area contributed by atoms with E-state index in [1.165, 1.54) is 0 Å². The molecule has 5 heteroatoms.